The topological polar surface area (TPSA) is 93.1 Å². The normalized spacial score (nSPS) is 25.9. The van der Waals surface area contributed by atoms with E-state index < -0.39 is 41.3 Å². The van der Waals surface area contributed by atoms with Crippen molar-refractivity contribution in [3.63, 3.8) is 0 Å². The van der Waals surface area contributed by atoms with Crippen LogP contribution in [0.5, 0.6) is 0 Å². The fraction of sp³-hybridized carbons (Fsp3) is 0.619. The Bertz CT molecular complexity index is 663. The highest BCUT2D eigenvalue weighted by Crippen LogP contribution is 2.45. The number of hydrogen-bond donors (Lipinski definition) is 2. The van der Waals surface area contributed by atoms with Crippen LogP contribution in [0.25, 0.3) is 0 Å². The van der Waals surface area contributed by atoms with Crippen molar-refractivity contribution in [3.8, 4) is 0 Å². The molecule has 0 saturated heterocycles. The molecule has 0 fully saturated rings. The maximum absolute atomic E-state index is 11.8. The van der Waals surface area contributed by atoms with Gasteiger partial charge in [0.25, 0.3) is 0 Å². The van der Waals surface area contributed by atoms with E-state index in [1.54, 1.807) is 52.8 Å². The molecule has 0 aliphatic heterocycles. The highest BCUT2D eigenvalue weighted by molar-refractivity contribution is 5.85. The summed E-state index contributed by atoms with van der Waals surface area (Å²) >= 11 is 0. The van der Waals surface area contributed by atoms with Crippen molar-refractivity contribution in [2.45, 2.75) is 72.2 Å². The largest absolute Gasteiger partial charge is 0.457 e. The van der Waals surface area contributed by atoms with E-state index in [2.05, 4.69) is 0 Å². The molecule has 1 rings (SSSR count). The molecule has 2 N–H and O–H groups in total. The van der Waals surface area contributed by atoms with Crippen LogP contribution in [-0.2, 0) is 19.1 Å². The predicted octanol–water partition coefficient (Wildman–Crippen LogP) is 2.84. The van der Waals surface area contributed by atoms with E-state index in [0.717, 1.165) is 0 Å². The van der Waals surface area contributed by atoms with Gasteiger partial charge in [-0.2, -0.15) is 0 Å². The third-order valence-corrected chi connectivity index (χ3v) is 4.48. The molecular formula is C21H32O6. The van der Waals surface area contributed by atoms with Crippen LogP contribution < -0.4 is 0 Å². The smallest absolute Gasteiger partial charge is 0.344 e. The number of carbonyl (C=O) groups is 2. The van der Waals surface area contributed by atoms with Gasteiger partial charge in [0.15, 0.2) is 6.61 Å². The molecule has 152 valence electrons. The van der Waals surface area contributed by atoms with Crippen LogP contribution >= 0.6 is 0 Å². The van der Waals surface area contributed by atoms with Crippen LogP contribution in [0, 0.1) is 5.41 Å². The van der Waals surface area contributed by atoms with Crippen molar-refractivity contribution in [1.29, 1.82) is 0 Å². The van der Waals surface area contributed by atoms with Crippen molar-refractivity contribution in [2.75, 3.05) is 6.61 Å². The van der Waals surface area contributed by atoms with Gasteiger partial charge < -0.3 is 19.7 Å². The first-order valence-corrected chi connectivity index (χ1v) is 9.02. The summed E-state index contributed by atoms with van der Waals surface area (Å²) in [6, 6.07) is 0. The number of aliphatic hydroxyl groups excluding tert-OH is 1. The van der Waals surface area contributed by atoms with Crippen molar-refractivity contribution in [2.24, 2.45) is 5.41 Å². The Morgan fingerprint density at radius 1 is 1.33 bits per heavy atom. The van der Waals surface area contributed by atoms with E-state index in [0.29, 0.717) is 17.6 Å². The number of esters is 2. The van der Waals surface area contributed by atoms with Crippen LogP contribution in [0.4, 0.5) is 0 Å². The molecule has 2 atom stereocenters. The Labute approximate surface area is 161 Å². The number of aliphatic hydroxyl groups is 2. The highest BCUT2D eigenvalue weighted by Gasteiger charge is 2.46. The Hall–Kier alpha value is -1.92. The van der Waals surface area contributed by atoms with Gasteiger partial charge in [0.2, 0.25) is 0 Å². The first kappa shape index (κ1) is 23.1. The quantitative estimate of drug-likeness (QED) is 0.330. The summed E-state index contributed by atoms with van der Waals surface area (Å²) in [5, 5.41) is 21.0. The molecule has 6 nitrogen and oxygen atoms in total. The molecule has 27 heavy (non-hydrogen) atoms. The lowest BCUT2D eigenvalue weighted by atomic mass is 9.64. The standard InChI is InChI=1S/C21H32O6/c1-14(10-17(23)26-13-18(24)27-19(3,4)5)8-9-21(25)15(2)11-16(22)12-20(21,6)7/h8-11,16,22,25H,12-13H2,1-7H3/b9-8+,14-10-. The monoisotopic (exact) mass is 380 g/mol. The second kappa shape index (κ2) is 8.40. The summed E-state index contributed by atoms with van der Waals surface area (Å²) in [4.78, 5) is 23.4. The molecule has 6 heteroatoms. The molecule has 1 aliphatic rings. The Morgan fingerprint density at radius 2 is 1.93 bits per heavy atom. The molecular weight excluding hydrogens is 348 g/mol. The average molecular weight is 380 g/mol. The van der Waals surface area contributed by atoms with E-state index in [1.807, 2.05) is 13.8 Å². The lowest BCUT2D eigenvalue weighted by Crippen LogP contribution is -2.48. The molecule has 2 unspecified atom stereocenters. The predicted molar refractivity (Wildman–Crippen MR) is 103 cm³/mol. The van der Waals surface area contributed by atoms with Gasteiger partial charge in [-0.1, -0.05) is 26.0 Å². The number of hydrogen-bond acceptors (Lipinski definition) is 6. The van der Waals surface area contributed by atoms with E-state index in [9.17, 15) is 19.8 Å². The Morgan fingerprint density at radius 3 is 2.44 bits per heavy atom. The minimum absolute atomic E-state index is 0.422. The minimum Gasteiger partial charge on any atom is -0.457 e. The average Bonchev–Trinajstić information content (AvgIpc) is 2.46. The molecule has 0 saturated carbocycles. The number of ether oxygens (including phenoxy) is 2. The zero-order chi connectivity index (χ0) is 21.0. The van der Waals surface area contributed by atoms with Gasteiger partial charge in [0, 0.05) is 11.5 Å². The van der Waals surface area contributed by atoms with Crippen LogP contribution in [0.3, 0.4) is 0 Å². The molecule has 0 amide bonds. The van der Waals surface area contributed by atoms with E-state index in [1.165, 1.54) is 6.08 Å². The molecule has 0 aromatic heterocycles. The van der Waals surface area contributed by atoms with Gasteiger partial charge in [-0.3, -0.25) is 0 Å². The number of rotatable bonds is 5. The first-order chi connectivity index (χ1) is 12.2. The molecule has 0 aromatic carbocycles. The SMILES string of the molecule is CC1=CC(O)CC(C)(C)C1(O)/C=C/C(C)=C\C(=O)OCC(=O)OC(C)(C)C. The van der Waals surface area contributed by atoms with E-state index in [-0.39, 0.29) is 0 Å². The molecule has 0 bridgehead atoms. The maximum atomic E-state index is 11.8. The Kier molecular flexibility index (Phi) is 7.19. The van der Waals surface area contributed by atoms with Crippen molar-refractivity contribution >= 4 is 11.9 Å². The first-order valence-electron chi connectivity index (χ1n) is 9.02. The summed E-state index contributed by atoms with van der Waals surface area (Å²) in [5.74, 6) is -1.28. The lowest BCUT2D eigenvalue weighted by molar-refractivity contribution is -0.164. The van der Waals surface area contributed by atoms with Crippen molar-refractivity contribution < 1.29 is 29.3 Å². The van der Waals surface area contributed by atoms with Crippen LogP contribution in [0.15, 0.2) is 35.5 Å². The molecule has 0 radical (unpaired) electrons. The second-order valence-electron chi connectivity index (χ2n) is 8.69. The fourth-order valence-electron chi connectivity index (χ4n) is 3.07. The summed E-state index contributed by atoms with van der Waals surface area (Å²) in [6.07, 6.45) is 5.97. The number of carbonyl (C=O) groups excluding carboxylic acids is 2. The second-order valence-corrected chi connectivity index (χ2v) is 8.69. The van der Waals surface area contributed by atoms with Gasteiger partial charge in [-0.05, 0) is 58.3 Å². The van der Waals surface area contributed by atoms with Crippen LogP contribution in [-0.4, -0.2) is 46.1 Å². The molecule has 0 aromatic rings. The Balaban J connectivity index is 2.76. The maximum Gasteiger partial charge on any atom is 0.344 e. The molecule has 0 heterocycles. The third-order valence-electron chi connectivity index (χ3n) is 4.48. The summed E-state index contributed by atoms with van der Waals surface area (Å²) in [6.45, 7) is 12.0. The molecule has 0 spiro atoms. The van der Waals surface area contributed by atoms with Gasteiger partial charge >= 0.3 is 11.9 Å². The number of allylic oxidation sites excluding steroid dienone is 2. The van der Waals surface area contributed by atoms with Crippen LogP contribution in [0.2, 0.25) is 0 Å². The van der Waals surface area contributed by atoms with E-state index in [4.69, 9.17) is 9.47 Å². The van der Waals surface area contributed by atoms with E-state index >= 15 is 0 Å². The van der Waals surface area contributed by atoms with Gasteiger partial charge in [0.1, 0.15) is 11.2 Å². The van der Waals surface area contributed by atoms with Gasteiger partial charge in [0.05, 0.1) is 6.10 Å². The highest BCUT2D eigenvalue weighted by atomic mass is 16.6. The zero-order valence-corrected chi connectivity index (χ0v) is 17.3. The fourth-order valence-corrected chi connectivity index (χ4v) is 3.07. The van der Waals surface area contributed by atoms with Gasteiger partial charge in [-0.15, -0.1) is 0 Å². The van der Waals surface area contributed by atoms with Crippen LogP contribution in [0.1, 0.15) is 54.9 Å². The third kappa shape index (κ3) is 6.63. The minimum atomic E-state index is -1.23. The van der Waals surface area contributed by atoms with Crippen molar-refractivity contribution in [3.05, 3.63) is 35.5 Å². The zero-order valence-electron chi connectivity index (χ0n) is 17.3. The van der Waals surface area contributed by atoms with Gasteiger partial charge in [-0.25, -0.2) is 9.59 Å². The summed E-state index contributed by atoms with van der Waals surface area (Å²) in [5.41, 5.74) is -1.23. The summed E-state index contributed by atoms with van der Waals surface area (Å²) < 4.78 is 9.95. The lowest BCUT2D eigenvalue weighted by Gasteiger charge is -2.46. The summed E-state index contributed by atoms with van der Waals surface area (Å²) in [7, 11) is 0. The van der Waals surface area contributed by atoms with Crippen molar-refractivity contribution in [1.82, 2.24) is 0 Å². The molecule has 1 aliphatic carbocycles.